The van der Waals surface area contributed by atoms with E-state index in [9.17, 15) is 5.26 Å². The van der Waals surface area contributed by atoms with E-state index in [4.69, 9.17) is 0 Å². The molecule has 0 N–H and O–H groups in total. The Morgan fingerprint density at radius 1 is 1.25 bits per heavy atom. The van der Waals surface area contributed by atoms with Gasteiger partial charge in [-0.1, -0.05) is 6.07 Å². The van der Waals surface area contributed by atoms with Gasteiger partial charge in [0, 0.05) is 19.1 Å². The van der Waals surface area contributed by atoms with Crippen LogP contribution in [0, 0.1) is 24.2 Å². The number of likely N-dealkylation sites (tertiary alicyclic amines) is 1. The van der Waals surface area contributed by atoms with E-state index >= 15 is 0 Å². The number of fused-ring (bicyclic) bond motifs is 1. The highest BCUT2D eigenvalue weighted by atomic mass is 15.2. The number of aryl methyl sites for hydroxylation is 1. The summed E-state index contributed by atoms with van der Waals surface area (Å²) in [5, 5.41) is 9.33. The first-order valence-electron chi connectivity index (χ1n) is 7.65. The van der Waals surface area contributed by atoms with E-state index in [0.29, 0.717) is 0 Å². The van der Waals surface area contributed by atoms with Crippen molar-refractivity contribution in [1.82, 2.24) is 4.90 Å². The molecule has 0 aliphatic carbocycles. The number of benzene rings is 1. The molecule has 0 aromatic heterocycles. The fraction of sp³-hybridized carbons (Fsp3) is 0.588. The molecular weight excluding hydrogens is 246 g/mol. The topological polar surface area (TPSA) is 30.3 Å². The van der Waals surface area contributed by atoms with Crippen molar-refractivity contribution in [3.63, 3.8) is 0 Å². The van der Waals surface area contributed by atoms with Crippen LogP contribution in [0.2, 0.25) is 0 Å². The van der Waals surface area contributed by atoms with Gasteiger partial charge in [0.15, 0.2) is 0 Å². The van der Waals surface area contributed by atoms with Crippen molar-refractivity contribution >= 4 is 5.69 Å². The van der Waals surface area contributed by atoms with Gasteiger partial charge in [0.2, 0.25) is 0 Å². The van der Waals surface area contributed by atoms with Crippen molar-refractivity contribution in [2.45, 2.75) is 32.2 Å². The van der Waals surface area contributed by atoms with Crippen LogP contribution in [-0.2, 0) is 0 Å². The van der Waals surface area contributed by atoms with Crippen molar-refractivity contribution in [2.24, 2.45) is 5.92 Å². The van der Waals surface area contributed by atoms with Crippen molar-refractivity contribution in [1.29, 1.82) is 5.26 Å². The molecule has 0 amide bonds. The molecule has 2 aliphatic rings. The fourth-order valence-electron chi connectivity index (χ4n) is 3.87. The van der Waals surface area contributed by atoms with Crippen LogP contribution in [0.15, 0.2) is 18.2 Å². The second-order valence-electron chi connectivity index (χ2n) is 6.32. The summed E-state index contributed by atoms with van der Waals surface area (Å²) in [5.74, 6) is 0.759. The number of piperidine rings is 2. The molecule has 2 fully saturated rings. The average Bonchev–Trinajstić information content (AvgIpc) is 2.47. The highest BCUT2D eigenvalue weighted by Gasteiger charge is 2.34. The Balaban J connectivity index is 1.83. The highest BCUT2D eigenvalue weighted by Crippen LogP contribution is 2.33. The monoisotopic (exact) mass is 269 g/mol. The summed E-state index contributed by atoms with van der Waals surface area (Å²) in [4.78, 5) is 4.97. The zero-order valence-electron chi connectivity index (χ0n) is 12.5. The maximum absolute atomic E-state index is 9.33. The van der Waals surface area contributed by atoms with Crippen molar-refractivity contribution in [3.8, 4) is 6.07 Å². The van der Waals surface area contributed by atoms with Crippen LogP contribution in [0.4, 0.5) is 5.69 Å². The summed E-state index contributed by atoms with van der Waals surface area (Å²) in [7, 11) is 2.26. The van der Waals surface area contributed by atoms with Crippen LogP contribution in [0.3, 0.4) is 0 Å². The van der Waals surface area contributed by atoms with Gasteiger partial charge in [0.1, 0.15) is 6.07 Å². The molecule has 3 nitrogen and oxygen atoms in total. The van der Waals surface area contributed by atoms with E-state index < -0.39 is 0 Å². The first kappa shape index (κ1) is 13.5. The number of anilines is 1. The Morgan fingerprint density at radius 3 is 2.90 bits per heavy atom. The van der Waals surface area contributed by atoms with Gasteiger partial charge >= 0.3 is 0 Å². The molecule has 1 aromatic rings. The smallest absolute Gasteiger partial charge is 0.101 e. The van der Waals surface area contributed by atoms with Gasteiger partial charge < -0.3 is 9.80 Å². The van der Waals surface area contributed by atoms with E-state index in [2.05, 4.69) is 35.9 Å². The summed E-state index contributed by atoms with van der Waals surface area (Å²) in [6.45, 7) is 5.53. The van der Waals surface area contributed by atoms with Crippen molar-refractivity contribution < 1.29 is 0 Å². The van der Waals surface area contributed by atoms with Crippen LogP contribution in [0.25, 0.3) is 0 Å². The molecule has 2 aliphatic heterocycles. The Bertz CT molecular complexity index is 532. The third-order valence-electron chi connectivity index (χ3n) is 4.96. The van der Waals surface area contributed by atoms with Crippen LogP contribution < -0.4 is 4.90 Å². The molecule has 0 radical (unpaired) electrons. The van der Waals surface area contributed by atoms with Gasteiger partial charge in [0.25, 0.3) is 0 Å². The number of hydrogen-bond acceptors (Lipinski definition) is 3. The zero-order valence-corrected chi connectivity index (χ0v) is 12.5. The molecule has 0 bridgehead atoms. The van der Waals surface area contributed by atoms with Gasteiger partial charge in [0.05, 0.1) is 11.3 Å². The van der Waals surface area contributed by atoms with Crippen LogP contribution >= 0.6 is 0 Å². The summed E-state index contributed by atoms with van der Waals surface area (Å²) in [5.41, 5.74) is 3.19. The van der Waals surface area contributed by atoms with Gasteiger partial charge in [-0.25, -0.2) is 0 Å². The second kappa shape index (κ2) is 5.46. The molecular formula is C17H23N3. The molecule has 20 heavy (non-hydrogen) atoms. The molecule has 2 heterocycles. The van der Waals surface area contributed by atoms with Crippen molar-refractivity contribution in [3.05, 3.63) is 29.3 Å². The lowest BCUT2D eigenvalue weighted by molar-refractivity contribution is 0.102. The predicted octanol–water partition coefficient (Wildman–Crippen LogP) is 2.79. The molecule has 106 valence electrons. The lowest BCUT2D eigenvalue weighted by Gasteiger charge is -2.46. The third-order valence-corrected chi connectivity index (χ3v) is 4.96. The van der Waals surface area contributed by atoms with Crippen molar-refractivity contribution in [2.75, 3.05) is 31.6 Å². The third kappa shape index (κ3) is 2.41. The highest BCUT2D eigenvalue weighted by molar-refractivity contribution is 5.61. The van der Waals surface area contributed by atoms with Crippen LogP contribution in [0.1, 0.15) is 30.4 Å². The van der Waals surface area contributed by atoms with E-state index in [0.717, 1.165) is 36.3 Å². The Morgan fingerprint density at radius 2 is 2.10 bits per heavy atom. The van der Waals surface area contributed by atoms with Crippen LogP contribution in [0.5, 0.6) is 0 Å². The van der Waals surface area contributed by atoms with E-state index in [1.165, 1.54) is 31.4 Å². The minimum absolute atomic E-state index is 0.746. The molecule has 2 unspecified atom stereocenters. The molecule has 2 saturated heterocycles. The fourth-order valence-corrected chi connectivity index (χ4v) is 3.87. The van der Waals surface area contributed by atoms with E-state index in [-0.39, 0.29) is 0 Å². The molecule has 2 atom stereocenters. The van der Waals surface area contributed by atoms with Gasteiger partial charge in [-0.3, -0.25) is 0 Å². The normalized spacial score (nSPS) is 26.9. The van der Waals surface area contributed by atoms with Gasteiger partial charge in [-0.15, -0.1) is 0 Å². The van der Waals surface area contributed by atoms with E-state index in [1.807, 2.05) is 12.1 Å². The number of rotatable bonds is 1. The average molecular weight is 269 g/mol. The summed E-state index contributed by atoms with van der Waals surface area (Å²) in [6.07, 6.45) is 3.86. The summed E-state index contributed by atoms with van der Waals surface area (Å²) < 4.78 is 0. The first-order valence-corrected chi connectivity index (χ1v) is 7.65. The molecule has 0 saturated carbocycles. The minimum atomic E-state index is 0.746. The Hall–Kier alpha value is -1.53. The summed E-state index contributed by atoms with van der Waals surface area (Å²) in [6, 6.07) is 9.26. The zero-order chi connectivity index (χ0) is 14.1. The Labute approximate surface area is 121 Å². The maximum Gasteiger partial charge on any atom is 0.101 e. The minimum Gasteiger partial charge on any atom is -0.370 e. The number of hydrogen-bond donors (Lipinski definition) is 0. The predicted molar refractivity (Wildman–Crippen MR) is 81.9 cm³/mol. The molecule has 3 heteroatoms. The van der Waals surface area contributed by atoms with Crippen LogP contribution in [-0.4, -0.2) is 37.6 Å². The van der Waals surface area contributed by atoms with Gasteiger partial charge in [-0.2, -0.15) is 5.26 Å². The SMILES string of the molecule is Cc1ccc(C#N)c(N2CCC3C(CCCN3C)C2)c1. The number of nitrogens with zero attached hydrogens (tertiary/aromatic N) is 3. The lowest BCUT2D eigenvalue weighted by Crippen LogP contribution is -2.52. The number of nitriles is 1. The van der Waals surface area contributed by atoms with Gasteiger partial charge in [-0.05, 0) is 63.4 Å². The summed E-state index contributed by atoms with van der Waals surface area (Å²) >= 11 is 0. The maximum atomic E-state index is 9.33. The molecule has 1 aromatic carbocycles. The largest absolute Gasteiger partial charge is 0.370 e. The standard InChI is InChI=1S/C17H23N3/c1-13-5-6-14(11-18)17(10-13)20-9-7-16-15(12-20)4-3-8-19(16)2/h5-6,10,15-16H,3-4,7-9,12H2,1-2H3. The Kier molecular flexibility index (Phi) is 3.67. The quantitative estimate of drug-likeness (QED) is 0.785. The molecule has 3 rings (SSSR count). The molecule has 0 spiro atoms. The first-order chi connectivity index (χ1) is 9.69. The lowest BCUT2D eigenvalue weighted by atomic mass is 9.84. The second-order valence-corrected chi connectivity index (χ2v) is 6.32. The van der Waals surface area contributed by atoms with E-state index in [1.54, 1.807) is 0 Å².